The van der Waals surface area contributed by atoms with E-state index in [1.807, 2.05) is 24.5 Å². The number of thioether (sulfide) groups is 1. The third-order valence-corrected chi connectivity index (χ3v) is 5.42. The highest BCUT2D eigenvalue weighted by Gasteiger charge is 2.16. The van der Waals surface area contributed by atoms with Gasteiger partial charge in [0.1, 0.15) is 11.5 Å². The van der Waals surface area contributed by atoms with E-state index in [2.05, 4.69) is 5.32 Å². The van der Waals surface area contributed by atoms with Crippen molar-refractivity contribution >= 4 is 27.3 Å². The lowest BCUT2D eigenvalue weighted by molar-refractivity contribution is 0.487. The molecule has 0 bridgehead atoms. The van der Waals surface area contributed by atoms with Crippen LogP contribution in [0.15, 0.2) is 45.7 Å². The van der Waals surface area contributed by atoms with Crippen molar-refractivity contribution < 1.29 is 12.8 Å². The van der Waals surface area contributed by atoms with Crippen LogP contribution in [0.25, 0.3) is 0 Å². The first-order valence-electron chi connectivity index (χ1n) is 6.69. The first-order chi connectivity index (χ1) is 10.1. The molecule has 0 aliphatic carbocycles. The SMILES string of the molecule is CCS(=O)(=O)c1ccccc1NCc1ccc(CSC)o1. The van der Waals surface area contributed by atoms with E-state index in [1.165, 1.54) is 0 Å². The molecule has 1 aromatic heterocycles. The van der Waals surface area contributed by atoms with Crippen LogP contribution in [0.3, 0.4) is 0 Å². The number of rotatable bonds is 7. The average Bonchev–Trinajstić information content (AvgIpc) is 2.93. The van der Waals surface area contributed by atoms with Crippen LogP contribution in [-0.4, -0.2) is 20.4 Å². The molecule has 2 aromatic rings. The third kappa shape index (κ3) is 4.04. The van der Waals surface area contributed by atoms with Gasteiger partial charge in [-0.05, 0) is 30.5 Å². The van der Waals surface area contributed by atoms with Crippen LogP contribution in [0.2, 0.25) is 0 Å². The quantitative estimate of drug-likeness (QED) is 0.843. The van der Waals surface area contributed by atoms with Gasteiger partial charge in [0.15, 0.2) is 9.84 Å². The van der Waals surface area contributed by atoms with Gasteiger partial charge in [-0.3, -0.25) is 0 Å². The lowest BCUT2D eigenvalue weighted by Gasteiger charge is -2.10. The summed E-state index contributed by atoms with van der Waals surface area (Å²) in [5.74, 6) is 2.64. The Hall–Kier alpha value is -1.40. The molecule has 114 valence electrons. The van der Waals surface area contributed by atoms with Gasteiger partial charge >= 0.3 is 0 Å². The van der Waals surface area contributed by atoms with E-state index in [0.29, 0.717) is 17.1 Å². The van der Waals surface area contributed by atoms with Crippen molar-refractivity contribution in [1.82, 2.24) is 0 Å². The number of hydrogen-bond acceptors (Lipinski definition) is 5. The molecule has 0 saturated heterocycles. The van der Waals surface area contributed by atoms with Crippen LogP contribution < -0.4 is 5.32 Å². The largest absolute Gasteiger partial charge is 0.463 e. The normalized spacial score (nSPS) is 11.5. The molecular weight excluding hydrogens is 306 g/mol. The molecule has 21 heavy (non-hydrogen) atoms. The zero-order valence-electron chi connectivity index (χ0n) is 12.1. The molecule has 0 atom stereocenters. The zero-order chi connectivity index (χ0) is 15.3. The Morgan fingerprint density at radius 2 is 1.86 bits per heavy atom. The summed E-state index contributed by atoms with van der Waals surface area (Å²) in [6.07, 6.45) is 2.02. The molecule has 0 fully saturated rings. The van der Waals surface area contributed by atoms with Gasteiger partial charge in [0.2, 0.25) is 0 Å². The van der Waals surface area contributed by atoms with Crippen LogP contribution in [-0.2, 0) is 22.1 Å². The molecule has 0 aliphatic rings. The summed E-state index contributed by atoms with van der Waals surface area (Å²) in [5, 5.41) is 3.15. The van der Waals surface area contributed by atoms with E-state index in [-0.39, 0.29) is 5.75 Å². The molecule has 0 aliphatic heterocycles. The van der Waals surface area contributed by atoms with E-state index in [4.69, 9.17) is 4.42 Å². The molecule has 1 heterocycles. The summed E-state index contributed by atoms with van der Waals surface area (Å²) >= 11 is 1.70. The molecule has 0 saturated carbocycles. The maximum Gasteiger partial charge on any atom is 0.180 e. The fourth-order valence-corrected chi connectivity index (χ4v) is 3.47. The topological polar surface area (TPSA) is 59.3 Å². The van der Waals surface area contributed by atoms with Gasteiger partial charge in [0.05, 0.1) is 28.6 Å². The molecule has 1 N–H and O–H groups in total. The van der Waals surface area contributed by atoms with Gasteiger partial charge in [0.25, 0.3) is 0 Å². The van der Waals surface area contributed by atoms with Crippen molar-refractivity contribution in [2.75, 3.05) is 17.3 Å². The summed E-state index contributed by atoms with van der Waals surface area (Å²) in [6.45, 7) is 2.11. The Balaban J connectivity index is 2.13. The number of furan rings is 1. The number of nitrogens with one attached hydrogen (secondary N) is 1. The van der Waals surface area contributed by atoms with Gasteiger partial charge in [-0.25, -0.2) is 8.42 Å². The molecule has 0 unspecified atom stereocenters. The lowest BCUT2D eigenvalue weighted by Crippen LogP contribution is -2.08. The van der Waals surface area contributed by atoms with Gasteiger partial charge in [-0.15, -0.1) is 0 Å². The summed E-state index contributed by atoms with van der Waals surface area (Å²) in [5.41, 5.74) is 0.613. The van der Waals surface area contributed by atoms with E-state index in [1.54, 1.807) is 36.9 Å². The number of benzene rings is 1. The Morgan fingerprint density at radius 3 is 2.57 bits per heavy atom. The summed E-state index contributed by atoms with van der Waals surface area (Å²) in [6, 6.07) is 10.8. The highest BCUT2D eigenvalue weighted by molar-refractivity contribution is 7.97. The Kier molecular flexibility index (Phi) is 5.36. The van der Waals surface area contributed by atoms with E-state index < -0.39 is 9.84 Å². The third-order valence-electron chi connectivity index (χ3n) is 3.06. The zero-order valence-corrected chi connectivity index (χ0v) is 13.8. The highest BCUT2D eigenvalue weighted by Crippen LogP contribution is 2.23. The molecule has 0 amide bonds. The minimum absolute atomic E-state index is 0.0876. The van der Waals surface area contributed by atoms with Gasteiger partial charge in [-0.1, -0.05) is 19.1 Å². The lowest BCUT2D eigenvalue weighted by atomic mass is 10.3. The second kappa shape index (κ2) is 7.04. The monoisotopic (exact) mass is 325 g/mol. The van der Waals surface area contributed by atoms with Crippen molar-refractivity contribution in [3.05, 3.63) is 47.9 Å². The van der Waals surface area contributed by atoms with Crippen LogP contribution in [0.1, 0.15) is 18.4 Å². The summed E-state index contributed by atoms with van der Waals surface area (Å²) in [4.78, 5) is 0.336. The van der Waals surface area contributed by atoms with Gasteiger partial charge in [0, 0.05) is 0 Å². The number of sulfone groups is 1. The van der Waals surface area contributed by atoms with Crippen molar-refractivity contribution in [2.45, 2.75) is 24.1 Å². The second-order valence-electron chi connectivity index (χ2n) is 4.55. The maximum absolute atomic E-state index is 12.1. The van der Waals surface area contributed by atoms with Crippen molar-refractivity contribution in [1.29, 1.82) is 0 Å². The van der Waals surface area contributed by atoms with E-state index in [9.17, 15) is 8.42 Å². The van der Waals surface area contributed by atoms with Crippen LogP contribution >= 0.6 is 11.8 Å². The highest BCUT2D eigenvalue weighted by atomic mass is 32.2. The second-order valence-corrected chi connectivity index (χ2v) is 7.67. The average molecular weight is 325 g/mol. The Bertz CT molecular complexity index is 692. The van der Waals surface area contributed by atoms with Crippen LogP contribution in [0, 0.1) is 0 Å². The Morgan fingerprint density at radius 1 is 1.14 bits per heavy atom. The molecule has 1 aromatic carbocycles. The fraction of sp³-hybridized carbons (Fsp3) is 0.333. The van der Waals surface area contributed by atoms with Gasteiger partial charge in [-0.2, -0.15) is 11.8 Å². The minimum Gasteiger partial charge on any atom is -0.463 e. The fourth-order valence-electron chi connectivity index (χ4n) is 1.96. The van der Waals surface area contributed by atoms with Crippen LogP contribution in [0.4, 0.5) is 5.69 Å². The summed E-state index contributed by atoms with van der Waals surface area (Å²) < 4.78 is 29.8. The Labute approximate surface area is 129 Å². The minimum atomic E-state index is -3.23. The molecular formula is C15H19NO3S2. The van der Waals surface area contributed by atoms with Gasteiger partial charge < -0.3 is 9.73 Å². The van der Waals surface area contributed by atoms with E-state index >= 15 is 0 Å². The van der Waals surface area contributed by atoms with E-state index in [0.717, 1.165) is 17.3 Å². The maximum atomic E-state index is 12.1. The molecule has 2 rings (SSSR count). The number of anilines is 1. The molecule has 0 spiro atoms. The molecule has 0 radical (unpaired) electrons. The first kappa shape index (κ1) is 16.0. The summed E-state index contributed by atoms with van der Waals surface area (Å²) in [7, 11) is -3.23. The molecule has 4 nitrogen and oxygen atoms in total. The predicted octanol–water partition coefficient (Wildman–Crippen LogP) is 3.55. The molecule has 6 heteroatoms. The first-order valence-corrected chi connectivity index (χ1v) is 9.73. The number of hydrogen-bond donors (Lipinski definition) is 1. The van der Waals surface area contributed by atoms with Crippen molar-refractivity contribution in [3.8, 4) is 0 Å². The van der Waals surface area contributed by atoms with Crippen LogP contribution in [0.5, 0.6) is 0 Å². The predicted molar refractivity (Wildman–Crippen MR) is 87.4 cm³/mol. The smallest absolute Gasteiger partial charge is 0.180 e. The van der Waals surface area contributed by atoms with Crippen molar-refractivity contribution in [2.24, 2.45) is 0 Å². The number of para-hydroxylation sites is 1. The van der Waals surface area contributed by atoms with Crippen molar-refractivity contribution in [3.63, 3.8) is 0 Å². The standard InChI is InChI=1S/C15H19NO3S2/c1-3-21(17,18)15-7-5-4-6-14(15)16-10-12-8-9-13(19-12)11-20-2/h4-9,16H,3,10-11H2,1-2H3.